The number of ether oxygens (including phenoxy) is 3. The highest BCUT2D eigenvalue weighted by atomic mass is 35.5. The van der Waals surface area contributed by atoms with Crippen molar-refractivity contribution in [2.75, 3.05) is 20.8 Å². The smallest absolute Gasteiger partial charge is 0.282 e. The summed E-state index contributed by atoms with van der Waals surface area (Å²) in [5.74, 6) is 2.17. The molecule has 0 fully saturated rings. The first-order valence-corrected chi connectivity index (χ1v) is 12.7. The van der Waals surface area contributed by atoms with Crippen molar-refractivity contribution in [1.29, 1.82) is 0 Å². The fraction of sp³-hybridized carbons (Fsp3) is 0.233. The lowest BCUT2D eigenvalue weighted by atomic mass is 9.98. The summed E-state index contributed by atoms with van der Waals surface area (Å²) < 4.78 is 24.5. The Morgan fingerprint density at radius 3 is 2.51 bits per heavy atom. The van der Waals surface area contributed by atoms with Crippen molar-refractivity contribution in [3.8, 4) is 28.8 Å². The van der Waals surface area contributed by atoms with Crippen LogP contribution in [0, 0.1) is 5.41 Å². The molecule has 200 valence electrons. The van der Waals surface area contributed by atoms with Crippen molar-refractivity contribution in [1.82, 2.24) is 9.66 Å². The first-order chi connectivity index (χ1) is 18.7. The molecule has 0 aliphatic heterocycles. The monoisotopic (exact) mass is 545 g/mol. The summed E-state index contributed by atoms with van der Waals surface area (Å²) in [5, 5.41) is 6.17. The molecule has 0 aliphatic carbocycles. The SMILES string of the molecule is COc1cc(Cl)cc(C=Nn2c(-c3cc4c(OC)cccc4o3)nc3ccccc3c2=O)c1OCC(C)(C)C. The molecule has 5 rings (SSSR count). The predicted octanol–water partition coefficient (Wildman–Crippen LogP) is 6.79. The van der Waals surface area contributed by atoms with E-state index in [-0.39, 0.29) is 16.8 Å². The van der Waals surface area contributed by atoms with Crippen LogP contribution in [0.2, 0.25) is 5.02 Å². The molecule has 39 heavy (non-hydrogen) atoms. The Morgan fingerprint density at radius 1 is 1.00 bits per heavy atom. The van der Waals surface area contributed by atoms with E-state index in [1.807, 2.05) is 24.3 Å². The highest BCUT2D eigenvalue weighted by Crippen LogP contribution is 2.36. The summed E-state index contributed by atoms with van der Waals surface area (Å²) in [5.41, 5.74) is 1.20. The molecule has 0 N–H and O–H groups in total. The van der Waals surface area contributed by atoms with Crippen molar-refractivity contribution in [2.24, 2.45) is 10.5 Å². The molecule has 0 spiro atoms. The van der Waals surface area contributed by atoms with Gasteiger partial charge in [-0.05, 0) is 41.8 Å². The molecule has 0 saturated heterocycles. The van der Waals surface area contributed by atoms with Crippen molar-refractivity contribution >= 4 is 39.7 Å². The van der Waals surface area contributed by atoms with E-state index in [1.165, 1.54) is 10.9 Å². The summed E-state index contributed by atoms with van der Waals surface area (Å²) in [4.78, 5) is 18.4. The van der Waals surface area contributed by atoms with Crippen LogP contribution in [0.1, 0.15) is 26.3 Å². The maximum absolute atomic E-state index is 13.7. The number of aromatic nitrogens is 2. The second-order valence-corrected chi connectivity index (χ2v) is 10.6. The molecule has 8 nitrogen and oxygen atoms in total. The molecule has 2 heterocycles. The summed E-state index contributed by atoms with van der Waals surface area (Å²) in [7, 11) is 3.14. The maximum atomic E-state index is 13.7. The molecular weight excluding hydrogens is 518 g/mol. The lowest BCUT2D eigenvalue weighted by molar-refractivity contribution is 0.191. The van der Waals surface area contributed by atoms with Crippen LogP contribution in [-0.2, 0) is 0 Å². The van der Waals surface area contributed by atoms with Crippen LogP contribution in [0.25, 0.3) is 33.5 Å². The quantitative estimate of drug-likeness (QED) is 0.209. The lowest BCUT2D eigenvalue weighted by Gasteiger charge is -2.21. The highest BCUT2D eigenvalue weighted by Gasteiger charge is 2.20. The van der Waals surface area contributed by atoms with Gasteiger partial charge in [0, 0.05) is 16.7 Å². The van der Waals surface area contributed by atoms with Gasteiger partial charge in [0.15, 0.2) is 17.3 Å². The molecule has 0 unspecified atom stereocenters. The number of rotatable bonds is 7. The normalized spacial score (nSPS) is 11.9. The molecule has 0 atom stereocenters. The van der Waals surface area contributed by atoms with Gasteiger partial charge in [-0.1, -0.05) is 50.6 Å². The molecule has 0 saturated carbocycles. The van der Waals surface area contributed by atoms with Gasteiger partial charge in [-0.2, -0.15) is 9.78 Å². The zero-order valence-corrected chi connectivity index (χ0v) is 23.1. The van der Waals surface area contributed by atoms with Crippen LogP contribution in [0.4, 0.5) is 0 Å². The number of benzene rings is 3. The first kappa shape index (κ1) is 26.3. The number of methoxy groups -OCH3 is 2. The average Bonchev–Trinajstić information content (AvgIpc) is 3.35. The number of fused-ring (bicyclic) bond motifs is 2. The topological polar surface area (TPSA) is 88.1 Å². The molecule has 9 heteroatoms. The van der Waals surface area contributed by atoms with E-state index in [0.717, 1.165) is 5.39 Å². The Kier molecular flexibility index (Phi) is 7.06. The minimum absolute atomic E-state index is 0.103. The zero-order chi connectivity index (χ0) is 27.7. The van der Waals surface area contributed by atoms with Crippen molar-refractivity contribution in [3.63, 3.8) is 0 Å². The third kappa shape index (κ3) is 5.33. The molecule has 0 aliphatic rings. The molecule has 5 aromatic rings. The Morgan fingerprint density at radius 2 is 1.77 bits per heavy atom. The Bertz CT molecular complexity index is 1770. The van der Waals surface area contributed by atoms with Crippen LogP contribution < -0.4 is 19.8 Å². The van der Waals surface area contributed by atoms with Gasteiger partial charge in [-0.3, -0.25) is 4.79 Å². The van der Waals surface area contributed by atoms with Crippen molar-refractivity contribution in [3.05, 3.63) is 81.6 Å². The standard InChI is InChI=1S/C30H28ClN3O5/c1-30(2,3)17-38-27-18(13-19(31)14-25(27)37-5)16-32-34-28(33-22-10-7-6-9-20(22)29(34)35)26-15-21-23(36-4)11-8-12-24(21)39-26/h6-16H,17H2,1-5H3. The molecule has 2 aromatic heterocycles. The van der Waals surface area contributed by atoms with E-state index in [1.54, 1.807) is 50.6 Å². The Hall–Kier alpha value is -4.30. The Labute approximate surface area is 230 Å². The summed E-state index contributed by atoms with van der Waals surface area (Å²) in [6, 6.07) is 17.8. The van der Waals surface area contributed by atoms with Gasteiger partial charge in [0.1, 0.15) is 11.3 Å². The predicted molar refractivity (Wildman–Crippen MR) is 154 cm³/mol. The number of hydrogen-bond donors (Lipinski definition) is 0. The third-order valence-electron chi connectivity index (χ3n) is 5.95. The molecule has 3 aromatic carbocycles. The van der Waals surface area contributed by atoms with Crippen LogP contribution in [0.15, 0.2) is 75.0 Å². The molecule has 0 bridgehead atoms. The van der Waals surface area contributed by atoms with Gasteiger partial charge in [-0.15, -0.1) is 0 Å². The first-order valence-electron chi connectivity index (χ1n) is 12.3. The minimum Gasteiger partial charge on any atom is -0.496 e. The van der Waals surface area contributed by atoms with E-state index >= 15 is 0 Å². The Balaban J connectivity index is 1.70. The largest absolute Gasteiger partial charge is 0.496 e. The van der Waals surface area contributed by atoms with Gasteiger partial charge in [0.2, 0.25) is 5.82 Å². The lowest BCUT2D eigenvalue weighted by Crippen LogP contribution is -2.20. The van der Waals surface area contributed by atoms with Crippen molar-refractivity contribution < 1.29 is 18.6 Å². The van der Waals surface area contributed by atoms with Gasteiger partial charge < -0.3 is 18.6 Å². The summed E-state index contributed by atoms with van der Waals surface area (Å²) in [6.07, 6.45) is 1.51. The number of para-hydroxylation sites is 1. The van der Waals surface area contributed by atoms with E-state index < -0.39 is 0 Å². The second-order valence-electron chi connectivity index (χ2n) is 10.2. The van der Waals surface area contributed by atoms with E-state index in [9.17, 15) is 4.79 Å². The van der Waals surface area contributed by atoms with Gasteiger partial charge in [0.05, 0.1) is 43.3 Å². The minimum atomic E-state index is -0.356. The van der Waals surface area contributed by atoms with Crippen LogP contribution in [0.3, 0.4) is 0 Å². The van der Waals surface area contributed by atoms with E-state index in [0.29, 0.717) is 56.7 Å². The second kappa shape index (κ2) is 10.5. The fourth-order valence-corrected chi connectivity index (χ4v) is 4.33. The van der Waals surface area contributed by atoms with Gasteiger partial charge >= 0.3 is 0 Å². The number of nitrogens with zero attached hydrogens (tertiary/aromatic N) is 3. The molecular formula is C30H28ClN3O5. The van der Waals surface area contributed by atoms with Gasteiger partial charge in [0.25, 0.3) is 5.56 Å². The molecule has 0 radical (unpaired) electrons. The number of hydrogen-bond acceptors (Lipinski definition) is 7. The number of furan rings is 1. The number of halogens is 1. The maximum Gasteiger partial charge on any atom is 0.282 e. The highest BCUT2D eigenvalue weighted by molar-refractivity contribution is 6.31. The van der Waals surface area contributed by atoms with Gasteiger partial charge in [-0.25, -0.2) is 4.98 Å². The summed E-state index contributed by atoms with van der Waals surface area (Å²) >= 11 is 6.38. The molecule has 0 amide bonds. The van der Waals surface area contributed by atoms with Crippen LogP contribution >= 0.6 is 11.6 Å². The van der Waals surface area contributed by atoms with Crippen molar-refractivity contribution in [2.45, 2.75) is 20.8 Å². The fourth-order valence-electron chi connectivity index (χ4n) is 4.11. The average molecular weight is 546 g/mol. The van der Waals surface area contributed by atoms with E-state index in [2.05, 4.69) is 25.9 Å². The van der Waals surface area contributed by atoms with Crippen LogP contribution in [0.5, 0.6) is 17.2 Å². The van der Waals surface area contributed by atoms with Crippen LogP contribution in [-0.4, -0.2) is 36.7 Å². The summed E-state index contributed by atoms with van der Waals surface area (Å²) in [6.45, 7) is 6.63. The third-order valence-corrected chi connectivity index (χ3v) is 6.16. The van der Waals surface area contributed by atoms with E-state index in [4.69, 9.17) is 35.2 Å². The zero-order valence-electron chi connectivity index (χ0n) is 22.3.